The quantitative estimate of drug-likeness (QED) is 0.138. The molecule has 0 aromatic heterocycles. The first-order valence-electron chi connectivity index (χ1n) is 16.0. The Morgan fingerprint density at radius 3 is 2.36 bits per heavy atom. The fourth-order valence-corrected chi connectivity index (χ4v) is 6.19. The highest BCUT2D eigenvalue weighted by Crippen LogP contribution is 2.44. The van der Waals surface area contributed by atoms with Crippen molar-refractivity contribution in [3.8, 4) is 22.6 Å². The predicted molar refractivity (Wildman–Crippen MR) is 182 cm³/mol. The molecule has 50 heavy (non-hydrogen) atoms. The largest absolute Gasteiger partial charge is 0.496 e. The number of carbonyl (C=O) groups excluding carboxylic acids is 1. The Kier molecular flexibility index (Phi) is 12.6. The number of halogens is 5. The van der Waals surface area contributed by atoms with E-state index >= 15 is 0 Å². The maximum Gasteiger partial charge on any atom is 0.405 e. The van der Waals surface area contributed by atoms with Crippen LogP contribution in [0, 0.1) is 12.7 Å². The second kappa shape index (κ2) is 16.7. The van der Waals surface area contributed by atoms with Crippen LogP contribution < -0.4 is 20.5 Å². The SMILES string of the molecule is COc1ccc(CN2CCCC(F)C2)c(OC)c1-c1cccc2c(CCC(=O)O)cccc12.Cc1cc(NCC(F)(F)F)cc(F)c1C(N)=O. The summed E-state index contributed by atoms with van der Waals surface area (Å²) in [5, 5.41) is 13.2. The minimum atomic E-state index is -4.40. The number of aryl methyl sites for hydroxylation is 2. The summed E-state index contributed by atoms with van der Waals surface area (Å²) in [6.45, 7) is 2.02. The molecule has 0 spiro atoms. The first kappa shape index (κ1) is 37.9. The maximum absolute atomic E-state index is 14.0. The molecule has 5 rings (SSSR count). The van der Waals surface area contributed by atoms with E-state index in [9.17, 15) is 31.5 Å². The number of anilines is 1. The number of carboxylic acids is 1. The van der Waals surface area contributed by atoms with Gasteiger partial charge in [-0.15, -0.1) is 0 Å². The van der Waals surface area contributed by atoms with Crippen molar-refractivity contribution in [2.75, 3.05) is 39.2 Å². The molecule has 1 saturated heterocycles. The topological polar surface area (TPSA) is 114 Å². The maximum atomic E-state index is 14.0. The van der Waals surface area contributed by atoms with Crippen LogP contribution in [0.5, 0.6) is 11.5 Å². The zero-order valence-electron chi connectivity index (χ0n) is 28.0. The first-order valence-corrected chi connectivity index (χ1v) is 16.0. The summed E-state index contributed by atoms with van der Waals surface area (Å²) in [4.78, 5) is 24.1. The van der Waals surface area contributed by atoms with E-state index in [0.717, 1.165) is 57.8 Å². The number of methoxy groups -OCH3 is 2. The number of amides is 1. The van der Waals surface area contributed by atoms with Crippen molar-refractivity contribution in [1.82, 2.24) is 4.90 Å². The number of aliphatic carboxylic acids is 1. The number of alkyl halides is 4. The number of benzene rings is 4. The molecule has 1 aliphatic rings. The molecule has 268 valence electrons. The van der Waals surface area contributed by atoms with Gasteiger partial charge in [-0.3, -0.25) is 14.5 Å². The number of carbonyl (C=O) groups is 2. The van der Waals surface area contributed by atoms with E-state index in [-0.39, 0.29) is 23.2 Å². The van der Waals surface area contributed by atoms with Crippen molar-refractivity contribution in [1.29, 1.82) is 0 Å². The zero-order chi connectivity index (χ0) is 36.6. The highest BCUT2D eigenvalue weighted by atomic mass is 19.4. The second-order valence-corrected chi connectivity index (χ2v) is 12.0. The molecule has 1 heterocycles. The molecule has 1 aliphatic heterocycles. The number of nitrogens with two attached hydrogens (primary N) is 1. The number of rotatable bonds is 11. The molecule has 8 nitrogen and oxygen atoms in total. The van der Waals surface area contributed by atoms with E-state index < -0.39 is 36.6 Å². The molecule has 0 aliphatic carbocycles. The average Bonchev–Trinajstić information content (AvgIpc) is 3.05. The van der Waals surface area contributed by atoms with Crippen LogP contribution in [0.25, 0.3) is 21.9 Å². The Morgan fingerprint density at radius 1 is 1.02 bits per heavy atom. The lowest BCUT2D eigenvalue weighted by molar-refractivity contribution is -0.137. The lowest BCUT2D eigenvalue weighted by Gasteiger charge is -2.30. The molecule has 0 saturated carbocycles. The van der Waals surface area contributed by atoms with Crippen LogP contribution >= 0.6 is 0 Å². The molecular weight excluding hydrogens is 661 g/mol. The van der Waals surface area contributed by atoms with Gasteiger partial charge in [-0.2, -0.15) is 13.2 Å². The van der Waals surface area contributed by atoms with Crippen molar-refractivity contribution in [3.63, 3.8) is 0 Å². The molecule has 4 aromatic carbocycles. The van der Waals surface area contributed by atoms with Crippen LogP contribution in [0.1, 0.15) is 46.3 Å². The number of primary amides is 1. The summed E-state index contributed by atoms with van der Waals surface area (Å²) in [7, 11) is 3.29. The van der Waals surface area contributed by atoms with E-state index in [2.05, 4.69) is 4.90 Å². The molecule has 1 fully saturated rings. The van der Waals surface area contributed by atoms with Gasteiger partial charge >= 0.3 is 12.1 Å². The second-order valence-electron chi connectivity index (χ2n) is 12.0. The van der Waals surface area contributed by atoms with E-state index in [4.69, 9.17) is 20.3 Å². The molecule has 13 heteroatoms. The smallest absolute Gasteiger partial charge is 0.405 e. The van der Waals surface area contributed by atoms with Gasteiger partial charge in [-0.05, 0) is 78.4 Å². The van der Waals surface area contributed by atoms with E-state index in [0.29, 0.717) is 31.7 Å². The molecule has 0 bridgehead atoms. The van der Waals surface area contributed by atoms with Gasteiger partial charge in [0.25, 0.3) is 5.91 Å². The summed E-state index contributed by atoms with van der Waals surface area (Å²) in [5.74, 6) is -1.29. The third kappa shape index (κ3) is 9.62. The van der Waals surface area contributed by atoms with E-state index in [1.54, 1.807) is 14.2 Å². The van der Waals surface area contributed by atoms with Crippen LogP contribution in [0.2, 0.25) is 0 Å². The number of likely N-dealkylation sites (tertiary alicyclic amines) is 1. The summed E-state index contributed by atoms with van der Waals surface area (Å²) < 4.78 is 74.7. The van der Waals surface area contributed by atoms with Crippen molar-refractivity contribution in [2.45, 2.75) is 51.5 Å². The van der Waals surface area contributed by atoms with Crippen molar-refractivity contribution in [2.24, 2.45) is 5.73 Å². The van der Waals surface area contributed by atoms with Crippen LogP contribution in [-0.4, -0.2) is 68.1 Å². The lowest BCUT2D eigenvalue weighted by atomic mass is 9.92. The highest BCUT2D eigenvalue weighted by Gasteiger charge is 2.27. The Balaban J connectivity index is 0.000000279. The number of piperidine rings is 1. The van der Waals surface area contributed by atoms with Crippen molar-refractivity contribution < 1.29 is 46.1 Å². The molecule has 1 atom stereocenters. The van der Waals surface area contributed by atoms with Gasteiger partial charge in [0, 0.05) is 30.8 Å². The predicted octanol–water partition coefficient (Wildman–Crippen LogP) is 7.68. The molecule has 4 aromatic rings. The monoisotopic (exact) mass is 701 g/mol. The van der Waals surface area contributed by atoms with Gasteiger partial charge in [0.15, 0.2) is 0 Å². The Labute approximate surface area is 287 Å². The van der Waals surface area contributed by atoms with Crippen molar-refractivity contribution >= 4 is 28.3 Å². The van der Waals surface area contributed by atoms with Crippen LogP contribution in [0.3, 0.4) is 0 Å². The highest BCUT2D eigenvalue weighted by molar-refractivity contribution is 6.01. The molecule has 1 amide bonds. The third-order valence-corrected chi connectivity index (χ3v) is 8.38. The number of hydrogen-bond donors (Lipinski definition) is 3. The molecule has 4 N–H and O–H groups in total. The number of ether oxygens (including phenoxy) is 2. The summed E-state index contributed by atoms with van der Waals surface area (Å²) in [6.07, 6.45) is -3.16. The van der Waals surface area contributed by atoms with Gasteiger partial charge in [-0.1, -0.05) is 42.5 Å². The number of nitrogens with one attached hydrogen (secondary N) is 1. The summed E-state index contributed by atoms with van der Waals surface area (Å²) in [6, 6.07) is 18.0. The van der Waals surface area contributed by atoms with Gasteiger partial charge in [0.2, 0.25) is 0 Å². The summed E-state index contributed by atoms with van der Waals surface area (Å²) in [5.41, 5.74) is 8.54. The summed E-state index contributed by atoms with van der Waals surface area (Å²) >= 11 is 0. The minimum absolute atomic E-state index is 0.0534. The Bertz CT molecular complexity index is 1810. The van der Waals surface area contributed by atoms with Gasteiger partial charge in [0.1, 0.15) is 30.0 Å². The van der Waals surface area contributed by atoms with Crippen LogP contribution in [-0.2, 0) is 17.8 Å². The normalized spacial score (nSPS) is 14.8. The minimum Gasteiger partial charge on any atom is -0.496 e. The number of fused-ring (bicyclic) bond motifs is 1. The zero-order valence-corrected chi connectivity index (χ0v) is 28.0. The first-order chi connectivity index (χ1) is 23.7. The molecular formula is C37H40F5N3O5. The fraction of sp³-hybridized carbons (Fsp3) is 0.351. The Morgan fingerprint density at radius 2 is 1.74 bits per heavy atom. The molecule has 1 unspecified atom stereocenters. The third-order valence-electron chi connectivity index (χ3n) is 8.38. The van der Waals surface area contributed by atoms with Crippen LogP contribution in [0.4, 0.5) is 27.6 Å². The number of carboxylic acid groups (broad SMARTS) is 1. The van der Waals surface area contributed by atoms with Gasteiger partial charge in [-0.25, -0.2) is 8.78 Å². The average molecular weight is 702 g/mol. The molecule has 0 radical (unpaired) electrons. The standard InChI is InChI=1S/C27H30FNO4.C10H10F4N2O/c1-32-24-13-11-19(16-29-15-5-7-20(28)17-29)27(33-2)26(24)23-10-4-8-21-18(12-14-25(30)31)6-3-9-22(21)23;1-5-2-6(16-4-10(12,13)14)3-7(11)8(5)9(15)17/h3-4,6,8-11,13,20H,5,7,12,14-17H2,1-2H3,(H,30,31);2-3,16H,4H2,1H3,(H2,15,17). The van der Waals surface area contributed by atoms with Gasteiger partial charge in [0.05, 0.1) is 25.3 Å². The van der Waals surface area contributed by atoms with E-state index in [1.807, 2.05) is 53.8 Å². The Hall–Kier alpha value is -4.91. The van der Waals surface area contributed by atoms with E-state index in [1.165, 1.54) is 13.0 Å². The van der Waals surface area contributed by atoms with Gasteiger partial charge < -0.3 is 25.6 Å². The van der Waals surface area contributed by atoms with Crippen LogP contribution in [0.15, 0.2) is 60.7 Å². The fourth-order valence-electron chi connectivity index (χ4n) is 6.19. The number of nitrogens with zero attached hydrogens (tertiary/aromatic N) is 1. The number of hydrogen-bond acceptors (Lipinski definition) is 6. The lowest BCUT2D eigenvalue weighted by Crippen LogP contribution is -2.35. The van der Waals surface area contributed by atoms with Crippen molar-refractivity contribution in [3.05, 3.63) is 88.7 Å².